The number of nitrogens with one attached hydrogen (secondary N) is 2. The number of benzene rings is 2. The molecule has 0 saturated carbocycles. The SMILES string of the molecule is COc1ccc(-c2cc(C(=O)Nc3c(C(N)=O)sc4nc(C(F)(F)F)cc(-c5ccc(F)cc5)c34)[nH]n2)cc1. The Bertz CT molecular complexity index is 1710. The van der Waals surface area contributed by atoms with E-state index in [1.165, 1.54) is 25.3 Å². The summed E-state index contributed by atoms with van der Waals surface area (Å²) < 4.78 is 59.7. The molecule has 0 bridgehead atoms. The molecule has 2 amide bonds. The molecule has 0 fully saturated rings. The Morgan fingerprint density at radius 2 is 1.69 bits per heavy atom. The number of fused-ring (bicyclic) bond motifs is 1. The van der Waals surface area contributed by atoms with Crippen molar-refractivity contribution < 1.29 is 31.9 Å². The highest BCUT2D eigenvalue weighted by molar-refractivity contribution is 7.21. The van der Waals surface area contributed by atoms with E-state index < -0.39 is 29.5 Å². The fraction of sp³-hybridized carbons (Fsp3) is 0.0769. The van der Waals surface area contributed by atoms with Crippen LogP contribution in [0.5, 0.6) is 5.75 Å². The van der Waals surface area contributed by atoms with Gasteiger partial charge in [-0.15, -0.1) is 11.3 Å². The van der Waals surface area contributed by atoms with E-state index in [1.807, 2.05) is 0 Å². The van der Waals surface area contributed by atoms with E-state index >= 15 is 0 Å². The lowest BCUT2D eigenvalue weighted by molar-refractivity contribution is -0.140. The molecule has 0 aliphatic carbocycles. The second-order valence-corrected chi connectivity index (χ2v) is 9.26. The number of ether oxygens (including phenoxy) is 1. The molecule has 0 atom stereocenters. The zero-order valence-corrected chi connectivity index (χ0v) is 20.7. The summed E-state index contributed by atoms with van der Waals surface area (Å²) >= 11 is 0.605. The number of aromatic nitrogens is 3. The predicted molar refractivity (Wildman–Crippen MR) is 137 cm³/mol. The number of halogens is 4. The van der Waals surface area contributed by atoms with Gasteiger partial charge in [-0.2, -0.15) is 18.3 Å². The number of pyridine rings is 1. The Labute approximate surface area is 221 Å². The molecule has 5 aromatic rings. The van der Waals surface area contributed by atoms with Crippen LogP contribution in [0.3, 0.4) is 0 Å². The number of alkyl halides is 3. The molecule has 0 spiro atoms. The van der Waals surface area contributed by atoms with Gasteiger partial charge in [0.05, 0.1) is 18.5 Å². The highest BCUT2D eigenvalue weighted by Crippen LogP contribution is 2.43. The number of hydrogen-bond donors (Lipinski definition) is 3. The number of carbonyl (C=O) groups excluding carboxylic acids is 2. The lowest BCUT2D eigenvalue weighted by Gasteiger charge is -2.12. The Morgan fingerprint density at radius 1 is 1.03 bits per heavy atom. The van der Waals surface area contributed by atoms with Gasteiger partial charge in [-0.25, -0.2) is 9.37 Å². The number of primary amides is 1. The van der Waals surface area contributed by atoms with Crippen LogP contribution in [0.25, 0.3) is 32.6 Å². The molecule has 198 valence electrons. The number of methoxy groups -OCH3 is 1. The normalized spacial score (nSPS) is 11.5. The minimum Gasteiger partial charge on any atom is -0.497 e. The van der Waals surface area contributed by atoms with Crippen LogP contribution in [0.2, 0.25) is 0 Å². The second-order valence-electron chi connectivity index (χ2n) is 8.26. The Hall–Kier alpha value is -4.78. The number of rotatable bonds is 6. The van der Waals surface area contributed by atoms with Gasteiger partial charge in [0, 0.05) is 10.9 Å². The maximum Gasteiger partial charge on any atom is 0.433 e. The molecular formula is C26H17F4N5O3S. The summed E-state index contributed by atoms with van der Waals surface area (Å²) in [4.78, 5) is 28.8. The van der Waals surface area contributed by atoms with E-state index in [0.29, 0.717) is 28.3 Å². The highest BCUT2D eigenvalue weighted by Gasteiger charge is 2.35. The number of nitrogens with two attached hydrogens (primary N) is 1. The summed E-state index contributed by atoms with van der Waals surface area (Å²) in [6, 6.07) is 13.9. The standard InChI is InChI=1S/C26H17F4N5O3S/c1-38-15-8-4-13(5-9-15)17-11-18(35-34-17)24(37)33-21-20-16(12-2-6-14(27)7-3-12)10-19(26(28,29)30)32-25(20)39-22(21)23(31)36/h2-11H,1H3,(H2,31,36)(H,33,37)(H,34,35). The van der Waals surface area contributed by atoms with Gasteiger partial charge in [-0.05, 0) is 59.7 Å². The first-order valence-electron chi connectivity index (χ1n) is 11.2. The van der Waals surface area contributed by atoms with Crippen molar-refractivity contribution in [3.63, 3.8) is 0 Å². The van der Waals surface area contributed by atoms with Crippen LogP contribution in [-0.2, 0) is 6.18 Å². The molecule has 0 saturated heterocycles. The van der Waals surface area contributed by atoms with Crippen LogP contribution < -0.4 is 15.8 Å². The Balaban J connectivity index is 1.61. The fourth-order valence-corrected chi connectivity index (χ4v) is 4.93. The smallest absolute Gasteiger partial charge is 0.433 e. The number of carbonyl (C=O) groups is 2. The van der Waals surface area contributed by atoms with Gasteiger partial charge in [0.25, 0.3) is 11.8 Å². The van der Waals surface area contributed by atoms with Crippen LogP contribution in [0, 0.1) is 5.82 Å². The van der Waals surface area contributed by atoms with Crippen molar-refractivity contribution in [2.75, 3.05) is 12.4 Å². The largest absolute Gasteiger partial charge is 0.497 e. The highest BCUT2D eigenvalue weighted by atomic mass is 32.1. The van der Waals surface area contributed by atoms with E-state index in [2.05, 4.69) is 20.5 Å². The third-order valence-electron chi connectivity index (χ3n) is 5.78. The summed E-state index contributed by atoms with van der Waals surface area (Å²) in [6.45, 7) is 0. The van der Waals surface area contributed by atoms with Crippen molar-refractivity contribution in [3.8, 4) is 28.1 Å². The zero-order valence-electron chi connectivity index (χ0n) is 19.9. The maximum atomic E-state index is 13.7. The van der Waals surface area contributed by atoms with E-state index in [9.17, 15) is 27.2 Å². The summed E-state index contributed by atoms with van der Waals surface area (Å²) in [5.74, 6) is -1.66. The maximum absolute atomic E-state index is 13.7. The van der Waals surface area contributed by atoms with Gasteiger partial charge < -0.3 is 15.8 Å². The van der Waals surface area contributed by atoms with Gasteiger partial charge >= 0.3 is 6.18 Å². The predicted octanol–water partition coefficient (Wildman–Crippen LogP) is 5.87. The van der Waals surface area contributed by atoms with E-state index in [-0.39, 0.29) is 37.6 Å². The number of anilines is 1. The third-order valence-corrected chi connectivity index (χ3v) is 6.88. The lowest BCUT2D eigenvalue weighted by Crippen LogP contribution is -2.17. The zero-order chi connectivity index (χ0) is 27.9. The van der Waals surface area contributed by atoms with Crippen molar-refractivity contribution in [2.45, 2.75) is 6.18 Å². The second kappa shape index (κ2) is 9.83. The van der Waals surface area contributed by atoms with Crippen LogP contribution in [0.1, 0.15) is 25.9 Å². The molecule has 13 heteroatoms. The van der Waals surface area contributed by atoms with Crippen molar-refractivity contribution in [2.24, 2.45) is 5.73 Å². The molecule has 5 rings (SSSR count). The number of H-pyrrole nitrogens is 1. The van der Waals surface area contributed by atoms with Gasteiger partial charge in [-0.1, -0.05) is 12.1 Å². The van der Waals surface area contributed by atoms with Gasteiger partial charge in [-0.3, -0.25) is 14.7 Å². The summed E-state index contributed by atoms with van der Waals surface area (Å²) in [7, 11) is 1.53. The molecule has 0 unspecified atom stereocenters. The van der Waals surface area contributed by atoms with E-state index in [0.717, 1.165) is 18.2 Å². The number of amides is 2. The van der Waals surface area contributed by atoms with Crippen molar-refractivity contribution in [1.82, 2.24) is 15.2 Å². The molecule has 3 aromatic heterocycles. The quantitative estimate of drug-likeness (QED) is 0.226. The molecule has 39 heavy (non-hydrogen) atoms. The first-order chi connectivity index (χ1) is 18.5. The lowest BCUT2D eigenvalue weighted by atomic mass is 10.0. The van der Waals surface area contributed by atoms with E-state index in [1.54, 1.807) is 24.3 Å². The van der Waals surface area contributed by atoms with Crippen molar-refractivity contribution in [3.05, 3.63) is 82.7 Å². The fourth-order valence-electron chi connectivity index (χ4n) is 3.92. The van der Waals surface area contributed by atoms with Crippen LogP contribution in [0.4, 0.5) is 23.2 Å². The Kier molecular flexibility index (Phi) is 6.52. The average molecular weight is 556 g/mol. The van der Waals surface area contributed by atoms with Gasteiger partial charge in [0.1, 0.15) is 32.7 Å². The van der Waals surface area contributed by atoms with Crippen LogP contribution in [0.15, 0.2) is 60.7 Å². The van der Waals surface area contributed by atoms with E-state index in [4.69, 9.17) is 10.5 Å². The van der Waals surface area contributed by atoms with Crippen LogP contribution >= 0.6 is 11.3 Å². The van der Waals surface area contributed by atoms with Crippen molar-refractivity contribution >= 4 is 39.1 Å². The summed E-state index contributed by atoms with van der Waals surface area (Å²) in [6.07, 6.45) is -4.81. The van der Waals surface area contributed by atoms with Gasteiger partial charge in [0.2, 0.25) is 0 Å². The van der Waals surface area contributed by atoms with Crippen LogP contribution in [-0.4, -0.2) is 34.1 Å². The first-order valence-corrected chi connectivity index (χ1v) is 12.0. The number of aromatic amines is 1. The molecule has 2 aromatic carbocycles. The molecule has 4 N–H and O–H groups in total. The monoisotopic (exact) mass is 555 g/mol. The van der Waals surface area contributed by atoms with Gasteiger partial charge in [0.15, 0.2) is 0 Å². The average Bonchev–Trinajstić information content (AvgIpc) is 3.54. The Morgan fingerprint density at radius 3 is 2.31 bits per heavy atom. The summed E-state index contributed by atoms with van der Waals surface area (Å²) in [5.41, 5.74) is 5.52. The minimum absolute atomic E-state index is 0.0128. The molecule has 0 aliphatic rings. The minimum atomic E-state index is -4.81. The molecule has 8 nitrogen and oxygen atoms in total. The number of thiophene rings is 1. The topological polar surface area (TPSA) is 123 Å². The first kappa shape index (κ1) is 25.9. The third kappa shape index (κ3) is 5.03. The number of nitrogens with zero attached hydrogens (tertiary/aromatic N) is 2. The summed E-state index contributed by atoms with van der Waals surface area (Å²) in [5, 5.41) is 9.38. The molecule has 0 radical (unpaired) electrons. The molecule has 3 heterocycles. The van der Waals surface area contributed by atoms with Crippen molar-refractivity contribution in [1.29, 1.82) is 0 Å². The molecule has 0 aliphatic heterocycles. The number of hydrogen-bond acceptors (Lipinski definition) is 6. The molecular weight excluding hydrogens is 538 g/mol.